The van der Waals surface area contributed by atoms with Gasteiger partial charge in [0.15, 0.2) is 34.7 Å². The van der Waals surface area contributed by atoms with Crippen LogP contribution < -0.4 is 0 Å². The molecule has 13 nitrogen and oxygen atoms in total. The van der Waals surface area contributed by atoms with Crippen molar-refractivity contribution >= 4 is 51.9 Å². The zero-order valence-corrected chi connectivity index (χ0v) is 32.4. The normalized spacial score (nSPS) is 9.09. The number of carbonyl (C=O) groups is 5. The first kappa shape index (κ1) is 56.4. The average molecular weight is 954 g/mol. The number of hydrogen-bond acceptors (Lipinski definition) is 11. The van der Waals surface area contributed by atoms with E-state index in [0.717, 1.165) is 56.3 Å². The molecule has 0 atom stereocenters. The quantitative estimate of drug-likeness (QED) is 0.0428. The number of carboxylic acids is 2. The number of aromatic hydroxyl groups is 3. The van der Waals surface area contributed by atoms with Crippen molar-refractivity contribution in [2.24, 2.45) is 0 Å². The predicted octanol–water partition coefficient (Wildman–Crippen LogP) is 6.84. The SMILES string of the molecule is C=CC(=O)OC.CC(=O)O.CC(=O)O.COC(=O)/C=C/c1ccc(O)c(F)c1F.COC(=O)CCc1ccc(O)c(F)c1F.Oc1ccc(Br)c(F)c1F.[HH].[Pd]. The Morgan fingerprint density at radius 1 is 0.673 bits per heavy atom. The summed E-state index contributed by atoms with van der Waals surface area (Å²) in [4.78, 5) is 49.3. The molecule has 3 aromatic rings. The number of phenols is 3. The monoisotopic (exact) mass is 952 g/mol. The van der Waals surface area contributed by atoms with Crippen LogP contribution in [0, 0.1) is 34.9 Å². The molecule has 0 aliphatic carbocycles. The Hall–Kier alpha value is -5.39. The van der Waals surface area contributed by atoms with Gasteiger partial charge in [-0.15, -0.1) is 0 Å². The number of phenolic OH excluding ortho intramolecular Hbond substituents is 3. The zero-order chi connectivity index (χ0) is 42.7. The smallest absolute Gasteiger partial charge is 0.330 e. The maximum Gasteiger partial charge on any atom is 0.330 e. The van der Waals surface area contributed by atoms with Gasteiger partial charge in [-0.2, -0.15) is 13.2 Å². The van der Waals surface area contributed by atoms with Gasteiger partial charge in [0.1, 0.15) is 0 Å². The second-order valence-corrected chi connectivity index (χ2v) is 9.92. The van der Waals surface area contributed by atoms with Gasteiger partial charge in [-0.05, 0) is 64.3 Å². The second kappa shape index (κ2) is 31.0. The van der Waals surface area contributed by atoms with Crippen LogP contribution in [-0.2, 0) is 65.0 Å². The summed E-state index contributed by atoms with van der Waals surface area (Å²) < 4.78 is 89.4. The van der Waals surface area contributed by atoms with E-state index in [1.165, 1.54) is 33.5 Å². The summed E-state index contributed by atoms with van der Waals surface area (Å²) in [7, 11) is 3.69. The minimum Gasteiger partial charge on any atom is -0.505 e. The van der Waals surface area contributed by atoms with Gasteiger partial charge in [0.05, 0.1) is 25.8 Å². The summed E-state index contributed by atoms with van der Waals surface area (Å²) in [6.07, 6.45) is 3.13. The average Bonchev–Trinajstić information content (AvgIpc) is 3.12. The molecule has 0 aromatic heterocycles. The molecule has 0 saturated heterocycles. The van der Waals surface area contributed by atoms with Gasteiger partial charge < -0.3 is 39.7 Å². The minimum absolute atomic E-state index is 0. The van der Waals surface area contributed by atoms with Crippen molar-refractivity contribution in [3.8, 4) is 17.2 Å². The molecule has 0 spiro atoms. The van der Waals surface area contributed by atoms with Gasteiger partial charge >= 0.3 is 17.9 Å². The Kier molecular flexibility index (Phi) is 31.8. The summed E-state index contributed by atoms with van der Waals surface area (Å²) in [6.45, 7) is 5.32. The van der Waals surface area contributed by atoms with Crippen molar-refractivity contribution in [2.45, 2.75) is 26.7 Å². The number of methoxy groups -OCH3 is 3. The Labute approximate surface area is 333 Å². The van der Waals surface area contributed by atoms with E-state index in [4.69, 9.17) is 35.1 Å². The molecule has 0 radical (unpaired) electrons. The van der Waals surface area contributed by atoms with E-state index in [9.17, 15) is 40.7 Å². The summed E-state index contributed by atoms with van der Waals surface area (Å²) >= 11 is 2.75. The number of esters is 3. The Morgan fingerprint density at radius 2 is 1.07 bits per heavy atom. The number of rotatable bonds is 6. The molecular weight excluding hydrogens is 917 g/mol. The van der Waals surface area contributed by atoms with Crippen LogP contribution in [0.4, 0.5) is 26.3 Å². The van der Waals surface area contributed by atoms with Gasteiger partial charge in [0, 0.05) is 59.8 Å². The molecule has 0 heterocycles. The maximum atomic E-state index is 13.1. The fourth-order valence-corrected chi connectivity index (χ4v) is 2.93. The van der Waals surface area contributed by atoms with Gasteiger partial charge in [0.2, 0.25) is 17.5 Å². The molecule has 0 amide bonds. The summed E-state index contributed by atoms with van der Waals surface area (Å²) in [5.41, 5.74) is -0.105. The van der Waals surface area contributed by atoms with E-state index in [0.29, 0.717) is 0 Å². The van der Waals surface area contributed by atoms with Crippen LogP contribution in [0.1, 0.15) is 32.8 Å². The fourth-order valence-electron chi connectivity index (χ4n) is 2.62. The summed E-state index contributed by atoms with van der Waals surface area (Å²) in [6, 6.07) is 6.72. The topological polar surface area (TPSA) is 214 Å². The van der Waals surface area contributed by atoms with E-state index in [2.05, 4.69) is 36.7 Å². The van der Waals surface area contributed by atoms with Gasteiger partial charge in [-0.25, -0.2) is 22.8 Å². The maximum absolute atomic E-state index is 13.1. The fraction of sp³-hybridized carbons (Fsp3) is 0.206. The molecular formula is C34H37BrF6O13Pd. The molecule has 0 aliphatic heterocycles. The van der Waals surface area contributed by atoms with Crippen LogP contribution in [0.15, 0.2) is 59.6 Å². The molecule has 310 valence electrons. The first-order valence-electron chi connectivity index (χ1n) is 14.1. The Morgan fingerprint density at radius 3 is 1.45 bits per heavy atom. The Balaban J connectivity index is -0.000000198. The molecule has 0 saturated carbocycles. The van der Waals surface area contributed by atoms with Crippen LogP contribution in [0.25, 0.3) is 6.08 Å². The van der Waals surface area contributed by atoms with Crippen molar-refractivity contribution in [1.29, 1.82) is 0 Å². The Bertz CT molecular complexity index is 1720. The number of aryl methyl sites for hydroxylation is 1. The van der Waals surface area contributed by atoms with Crippen LogP contribution in [0.3, 0.4) is 0 Å². The predicted molar refractivity (Wildman–Crippen MR) is 184 cm³/mol. The summed E-state index contributed by atoms with van der Waals surface area (Å²) in [5.74, 6) is -12.7. The second-order valence-electron chi connectivity index (χ2n) is 9.07. The van der Waals surface area contributed by atoms with Crippen LogP contribution >= 0.6 is 15.9 Å². The van der Waals surface area contributed by atoms with Crippen molar-refractivity contribution in [2.75, 3.05) is 21.3 Å². The molecule has 0 fully saturated rings. The minimum atomic E-state index is -1.35. The molecule has 0 aliphatic rings. The number of benzene rings is 3. The van der Waals surface area contributed by atoms with E-state index in [1.807, 2.05) is 0 Å². The number of carbonyl (C=O) groups excluding carboxylic acids is 3. The van der Waals surface area contributed by atoms with E-state index in [-0.39, 0.29) is 50.3 Å². The van der Waals surface area contributed by atoms with Gasteiger partial charge in [-0.1, -0.05) is 12.6 Å². The van der Waals surface area contributed by atoms with Crippen LogP contribution in [0.2, 0.25) is 0 Å². The third kappa shape index (κ3) is 26.1. The molecule has 3 rings (SSSR count). The third-order valence-corrected chi connectivity index (χ3v) is 5.66. The van der Waals surface area contributed by atoms with E-state index < -0.39 is 82.0 Å². The molecule has 5 N–H and O–H groups in total. The van der Waals surface area contributed by atoms with Crippen molar-refractivity contribution in [3.05, 3.63) is 106 Å². The zero-order valence-electron chi connectivity index (χ0n) is 29.3. The van der Waals surface area contributed by atoms with Gasteiger partial charge in [-0.3, -0.25) is 14.4 Å². The molecule has 55 heavy (non-hydrogen) atoms. The number of aliphatic carboxylic acids is 2. The molecule has 0 bridgehead atoms. The number of ether oxygens (including phenoxy) is 3. The van der Waals surface area contributed by atoms with Crippen molar-refractivity contribution in [3.63, 3.8) is 0 Å². The van der Waals surface area contributed by atoms with Crippen LogP contribution in [-0.4, -0.2) is 76.7 Å². The molecule has 21 heteroatoms. The number of hydrogen-bond donors (Lipinski definition) is 5. The standard InChI is InChI=1S/C10H10F2O3.C10H8F2O3.C6H3BrF2O.C4H6O2.2C2H4O2.Pd.H2/c2*1-15-8(14)5-3-6-2-4-7(13)10(12)9(6)11;7-3-1-2-4(10)6(9)5(3)8;1-3-4(5)6-2;2*1-2(3)4;;/h2,4,13H,3,5H2,1H3;2-5,13H,1H3;1-2,10H;3H,1H2,2H3;2*1H3,(H,3,4);;1H/b;5-3+;;;;;;. The number of carboxylic acid groups (broad SMARTS) is 2. The molecule has 0 unspecified atom stereocenters. The first-order chi connectivity index (χ1) is 25.0. The number of halogens is 7. The van der Waals surface area contributed by atoms with Crippen molar-refractivity contribution in [1.82, 2.24) is 0 Å². The first-order valence-corrected chi connectivity index (χ1v) is 14.9. The summed E-state index contributed by atoms with van der Waals surface area (Å²) in [5, 5.41) is 41.1. The van der Waals surface area contributed by atoms with Gasteiger partial charge in [0.25, 0.3) is 11.9 Å². The third-order valence-electron chi connectivity index (χ3n) is 5.04. The largest absolute Gasteiger partial charge is 0.505 e. The molecule has 3 aromatic carbocycles. The van der Waals surface area contributed by atoms with Crippen molar-refractivity contribution < 1.29 is 112 Å². The van der Waals surface area contributed by atoms with E-state index in [1.54, 1.807) is 0 Å². The van der Waals surface area contributed by atoms with E-state index >= 15 is 0 Å². The van der Waals surface area contributed by atoms with Crippen LogP contribution in [0.5, 0.6) is 17.2 Å².